The Kier molecular flexibility index (Phi) is 5.64. The number of anilines is 1. The molecule has 0 saturated carbocycles. The number of hydrogen-bond acceptors (Lipinski definition) is 4. The van der Waals surface area contributed by atoms with Crippen molar-refractivity contribution in [1.29, 1.82) is 0 Å². The second-order valence-electron chi connectivity index (χ2n) is 4.38. The molecule has 0 unspecified atom stereocenters. The van der Waals surface area contributed by atoms with Gasteiger partial charge in [-0.05, 0) is 54.1 Å². The van der Waals surface area contributed by atoms with E-state index in [1.165, 1.54) is 0 Å². The average Bonchev–Trinajstić information content (AvgIpc) is 2.49. The Balaban J connectivity index is 2.60. The van der Waals surface area contributed by atoms with Crippen LogP contribution >= 0.6 is 34.2 Å². The number of aryl methyl sites for hydroxylation is 1. The highest BCUT2D eigenvalue weighted by Gasteiger charge is 2.15. The van der Waals surface area contributed by atoms with Crippen LogP contribution in [0.15, 0.2) is 18.2 Å². The zero-order chi connectivity index (χ0) is 15.4. The van der Waals surface area contributed by atoms with Crippen LogP contribution < -0.4 is 10.1 Å². The van der Waals surface area contributed by atoms with Gasteiger partial charge in [-0.3, -0.25) is 0 Å². The van der Waals surface area contributed by atoms with Crippen molar-refractivity contribution in [3.63, 3.8) is 0 Å². The lowest BCUT2D eigenvalue weighted by Crippen LogP contribution is -2.08. The van der Waals surface area contributed by atoms with Crippen molar-refractivity contribution in [2.75, 3.05) is 19.0 Å². The summed E-state index contributed by atoms with van der Waals surface area (Å²) in [5, 5.41) is 3.91. The summed E-state index contributed by atoms with van der Waals surface area (Å²) in [5.41, 5.74) is 1.86. The van der Waals surface area contributed by atoms with E-state index >= 15 is 0 Å². The smallest absolute Gasteiger partial charge is 0.165 e. The molecule has 4 nitrogen and oxygen atoms in total. The van der Waals surface area contributed by atoms with Crippen LogP contribution in [0.3, 0.4) is 0 Å². The second kappa shape index (κ2) is 7.26. The summed E-state index contributed by atoms with van der Waals surface area (Å²) >= 11 is 8.30. The number of halogens is 2. The van der Waals surface area contributed by atoms with Gasteiger partial charge in [-0.25, -0.2) is 9.97 Å². The van der Waals surface area contributed by atoms with Crippen molar-refractivity contribution in [1.82, 2.24) is 9.97 Å². The number of hydrogen-bond donors (Lipinski definition) is 1. The van der Waals surface area contributed by atoms with Crippen LogP contribution in [0.5, 0.6) is 5.75 Å². The summed E-state index contributed by atoms with van der Waals surface area (Å²) in [5.74, 6) is 2.18. The van der Waals surface area contributed by atoms with Gasteiger partial charge in [0.05, 0.1) is 21.9 Å². The van der Waals surface area contributed by atoms with Crippen LogP contribution in [0.2, 0.25) is 5.02 Å². The van der Waals surface area contributed by atoms with Gasteiger partial charge in [0.1, 0.15) is 11.6 Å². The number of benzene rings is 1. The summed E-state index contributed by atoms with van der Waals surface area (Å²) in [6, 6.07) is 5.48. The Morgan fingerprint density at radius 3 is 2.67 bits per heavy atom. The maximum Gasteiger partial charge on any atom is 0.165 e. The van der Waals surface area contributed by atoms with Crippen LogP contribution in [0, 0.1) is 3.57 Å². The number of nitrogens with one attached hydrogen (secondary N) is 1. The Hall–Kier alpha value is -1.08. The molecule has 1 N–H and O–H groups in total. The van der Waals surface area contributed by atoms with E-state index in [1.54, 1.807) is 13.2 Å². The summed E-state index contributed by atoms with van der Waals surface area (Å²) < 4.78 is 6.46. The van der Waals surface area contributed by atoms with Crippen LogP contribution in [0.1, 0.15) is 19.5 Å². The Morgan fingerprint density at radius 1 is 1.29 bits per heavy atom. The largest absolute Gasteiger partial charge is 0.496 e. The van der Waals surface area contributed by atoms with Gasteiger partial charge >= 0.3 is 0 Å². The number of methoxy groups -OCH3 is 1. The molecular formula is C15H17ClIN3O. The number of rotatable bonds is 5. The average molecular weight is 418 g/mol. The van der Waals surface area contributed by atoms with Crippen LogP contribution in [0.4, 0.5) is 5.82 Å². The van der Waals surface area contributed by atoms with Gasteiger partial charge in [0.15, 0.2) is 5.82 Å². The second-order valence-corrected chi connectivity index (χ2v) is 5.90. The minimum Gasteiger partial charge on any atom is -0.496 e. The first-order valence-corrected chi connectivity index (χ1v) is 8.20. The number of ether oxygens (including phenoxy) is 1. The first-order chi connectivity index (χ1) is 10.1. The predicted molar refractivity (Wildman–Crippen MR) is 95.3 cm³/mol. The molecule has 6 heteroatoms. The van der Waals surface area contributed by atoms with Crippen LogP contribution in [0.25, 0.3) is 11.4 Å². The predicted octanol–water partition coefficient (Wildman–Crippen LogP) is 4.40. The molecule has 2 aromatic rings. The fraction of sp³-hybridized carbons (Fsp3) is 0.333. The lowest BCUT2D eigenvalue weighted by molar-refractivity contribution is 0.416. The Bertz CT molecular complexity index is 649. The topological polar surface area (TPSA) is 47.0 Å². The number of aromatic nitrogens is 2. The third-order valence-electron chi connectivity index (χ3n) is 3.00. The Labute approximate surface area is 143 Å². The molecular weight excluding hydrogens is 401 g/mol. The fourth-order valence-electron chi connectivity index (χ4n) is 1.98. The maximum atomic E-state index is 6.01. The molecule has 0 fully saturated rings. The van der Waals surface area contributed by atoms with Gasteiger partial charge < -0.3 is 10.1 Å². The van der Waals surface area contributed by atoms with Crippen molar-refractivity contribution in [3.05, 3.63) is 32.5 Å². The summed E-state index contributed by atoms with van der Waals surface area (Å²) in [6.45, 7) is 4.95. The zero-order valence-corrected chi connectivity index (χ0v) is 15.1. The Morgan fingerprint density at radius 2 is 2.05 bits per heavy atom. The molecule has 0 radical (unpaired) electrons. The van der Waals surface area contributed by atoms with Gasteiger partial charge in [0.2, 0.25) is 0 Å². The molecule has 0 aliphatic heterocycles. The van der Waals surface area contributed by atoms with E-state index in [0.29, 0.717) is 16.6 Å². The molecule has 1 aromatic heterocycles. The van der Waals surface area contributed by atoms with Gasteiger partial charge in [-0.15, -0.1) is 0 Å². The van der Waals surface area contributed by atoms with Crippen molar-refractivity contribution in [2.45, 2.75) is 20.3 Å². The first kappa shape index (κ1) is 16.3. The highest BCUT2D eigenvalue weighted by atomic mass is 127. The SMILES string of the molecule is CCNc1nc(-c2ccc(Cl)cc2OC)nc(CC)c1I. The van der Waals surface area contributed by atoms with Gasteiger partial charge in [0.25, 0.3) is 0 Å². The van der Waals surface area contributed by atoms with E-state index in [1.807, 2.05) is 19.1 Å². The van der Waals surface area contributed by atoms with E-state index in [4.69, 9.17) is 16.3 Å². The lowest BCUT2D eigenvalue weighted by atomic mass is 10.1. The molecule has 0 saturated heterocycles. The molecule has 0 spiro atoms. The van der Waals surface area contributed by atoms with Crippen molar-refractivity contribution in [3.8, 4) is 17.1 Å². The molecule has 2 rings (SSSR count). The highest BCUT2D eigenvalue weighted by molar-refractivity contribution is 14.1. The zero-order valence-electron chi connectivity index (χ0n) is 12.2. The molecule has 0 atom stereocenters. The summed E-state index contributed by atoms with van der Waals surface area (Å²) in [4.78, 5) is 9.29. The molecule has 0 bridgehead atoms. The third kappa shape index (κ3) is 3.58. The quantitative estimate of drug-likeness (QED) is 0.732. The van der Waals surface area contributed by atoms with E-state index < -0.39 is 0 Å². The van der Waals surface area contributed by atoms with Crippen LogP contribution in [-0.4, -0.2) is 23.6 Å². The van der Waals surface area contributed by atoms with Gasteiger partial charge in [0, 0.05) is 11.6 Å². The fourth-order valence-corrected chi connectivity index (χ4v) is 2.96. The molecule has 0 aliphatic carbocycles. The minimum absolute atomic E-state index is 0.628. The normalized spacial score (nSPS) is 10.5. The van der Waals surface area contributed by atoms with E-state index in [9.17, 15) is 0 Å². The van der Waals surface area contributed by atoms with E-state index in [-0.39, 0.29) is 0 Å². The molecule has 1 aromatic carbocycles. The van der Waals surface area contributed by atoms with Crippen molar-refractivity contribution < 1.29 is 4.74 Å². The van der Waals surface area contributed by atoms with E-state index in [0.717, 1.165) is 33.6 Å². The first-order valence-electron chi connectivity index (χ1n) is 6.74. The third-order valence-corrected chi connectivity index (χ3v) is 4.37. The summed E-state index contributed by atoms with van der Waals surface area (Å²) in [6.07, 6.45) is 0.849. The standard InChI is InChI=1S/C15H17ClIN3O/c1-4-11-13(17)15(18-5-2)20-14(19-11)10-7-6-9(16)8-12(10)21-3/h6-8H,4-5H2,1-3H3,(H,18,19,20). The molecule has 0 amide bonds. The molecule has 112 valence electrons. The molecule has 0 aliphatic rings. The summed E-state index contributed by atoms with van der Waals surface area (Å²) in [7, 11) is 1.62. The lowest BCUT2D eigenvalue weighted by Gasteiger charge is -2.13. The van der Waals surface area contributed by atoms with Gasteiger partial charge in [-0.1, -0.05) is 18.5 Å². The van der Waals surface area contributed by atoms with E-state index in [2.05, 4.69) is 44.8 Å². The highest BCUT2D eigenvalue weighted by Crippen LogP contribution is 2.32. The number of nitrogens with zero attached hydrogens (tertiary/aromatic N) is 2. The van der Waals surface area contributed by atoms with Crippen molar-refractivity contribution in [2.24, 2.45) is 0 Å². The molecule has 21 heavy (non-hydrogen) atoms. The monoisotopic (exact) mass is 417 g/mol. The molecule has 1 heterocycles. The van der Waals surface area contributed by atoms with Crippen LogP contribution in [-0.2, 0) is 6.42 Å². The minimum atomic E-state index is 0.628. The maximum absolute atomic E-state index is 6.01. The van der Waals surface area contributed by atoms with Gasteiger partial charge in [-0.2, -0.15) is 0 Å². The van der Waals surface area contributed by atoms with Crippen molar-refractivity contribution >= 4 is 40.0 Å².